The topological polar surface area (TPSA) is 75.6 Å². The van der Waals surface area contributed by atoms with Crippen molar-refractivity contribution in [2.45, 2.75) is 39.2 Å². The van der Waals surface area contributed by atoms with Crippen molar-refractivity contribution in [2.24, 2.45) is 0 Å². The van der Waals surface area contributed by atoms with Gasteiger partial charge in [0.2, 0.25) is 0 Å². The quantitative estimate of drug-likeness (QED) is 0.434. The number of thiol groups is 1. The second-order valence-corrected chi connectivity index (χ2v) is 6.30. The Morgan fingerprint density at radius 3 is 2.83 bits per heavy atom. The Kier molecular flexibility index (Phi) is 5.40. The van der Waals surface area contributed by atoms with Crippen LogP contribution in [-0.4, -0.2) is 38.2 Å². The van der Waals surface area contributed by atoms with Crippen LogP contribution in [0.4, 0.5) is 0 Å². The van der Waals surface area contributed by atoms with Crippen molar-refractivity contribution in [3.8, 4) is 0 Å². The van der Waals surface area contributed by atoms with E-state index in [0.717, 1.165) is 59.8 Å². The standard InChI is InChI=1S/C17H23N5OS/c1-2-22-14-8-7-12-15(13(14)11-19-22)20-21-16(12)17(23)18-9-5-3-4-6-10-24/h7-8,11,19,24H,2-6,9-10H2,1H3,(H,18,23). The first-order valence-corrected chi connectivity index (χ1v) is 9.11. The van der Waals surface area contributed by atoms with Crippen molar-refractivity contribution in [3.05, 3.63) is 24.0 Å². The number of amides is 1. The third kappa shape index (κ3) is 3.26. The summed E-state index contributed by atoms with van der Waals surface area (Å²) < 4.78 is 2.04. The molecule has 6 nitrogen and oxygen atoms in total. The summed E-state index contributed by atoms with van der Waals surface area (Å²) in [6.07, 6.45) is 6.28. The van der Waals surface area contributed by atoms with E-state index in [0.29, 0.717) is 12.2 Å². The first-order chi connectivity index (χ1) is 11.8. The molecule has 0 bridgehead atoms. The van der Waals surface area contributed by atoms with Crippen LogP contribution >= 0.6 is 12.6 Å². The summed E-state index contributed by atoms with van der Waals surface area (Å²) >= 11 is 4.20. The molecule has 3 rings (SSSR count). The summed E-state index contributed by atoms with van der Waals surface area (Å²) in [4.78, 5) is 12.4. The molecule has 0 saturated carbocycles. The maximum atomic E-state index is 12.4. The second kappa shape index (κ2) is 7.70. The molecule has 0 fully saturated rings. The number of unbranched alkanes of at least 4 members (excludes halogenated alkanes) is 3. The summed E-state index contributed by atoms with van der Waals surface area (Å²) in [5.74, 6) is 0.776. The van der Waals surface area contributed by atoms with Gasteiger partial charge in [-0.1, -0.05) is 12.8 Å². The Hall–Kier alpha value is -2.02. The van der Waals surface area contributed by atoms with Crippen molar-refractivity contribution >= 4 is 40.3 Å². The van der Waals surface area contributed by atoms with E-state index in [1.165, 1.54) is 0 Å². The molecule has 0 saturated heterocycles. The lowest BCUT2D eigenvalue weighted by Crippen LogP contribution is -2.25. The van der Waals surface area contributed by atoms with Gasteiger partial charge in [0.05, 0.1) is 5.52 Å². The number of rotatable bonds is 8. The molecule has 0 spiro atoms. The van der Waals surface area contributed by atoms with E-state index >= 15 is 0 Å². The lowest BCUT2D eigenvalue weighted by molar-refractivity contribution is 0.0949. The van der Waals surface area contributed by atoms with E-state index in [-0.39, 0.29) is 5.91 Å². The van der Waals surface area contributed by atoms with E-state index in [1.807, 2.05) is 23.0 Å². The number of fused-ring (bicyclic) bond motifs is 3. The van der Waals surface area contributed by atoms with Gasteiger partial charge in [0.25, 0.3) is 5.91 Å². The van der Waals surface area contributed by atoms with Gasteiger partial charge in [-0.25, -0.2) is 0 Å². The third-order valence-corrected chi connectivity index (χ3v) is 4.57. The first-order valence-electron chi connectivity index (χ1n) is 8.48. The predicted molar refractivity (Wildman–Crippen MR) is 99.7 cm³/mol. The van der Waals surface area contributed by atoms with E-state index in [1.54, 1.807) is 0 Å². The molecule has 128 valence electrons. The lowest BCUT2D eigenvalue weighted by Gasteiger charge is -2.03. The monoisotopic (exact) mass is 345 g/mol. The number of hydrogen-bond donors (Lipinski definition) is 3. The van der Waals surface area contributed by atoms with Crippen molar-refractivity contribution in [1.82, 2.24) is 25.3 Å². The molecule has 0 unspecified atom stereocenters. The molecule has 0 aliphatic rings. The molecular weight excluding hydrogens is 322 g/mol. The molecule has 1 aromatic carbocycles. The molecule has 1 amide bonds. The summed E-state index contributed by atoms with van der Waals surface area (Å²) in [6.45, 7) is 3.59. The number of aryl methyl sites for hydroxylation is 1. The summed E-state index contributed by atoms with van der Waals surface area (Å²) in [6, 6.07) is 3.94. The molecule has 2 N–H and O–H groups in total. The van der Waals surface area contributed by atoms with Gasteiger partial charge in [-0.2, -0.15) is 12.6 Å². The minimum Gasteiger partial charge on any atom is -0.351 e. The number of hydrogen-bond acceptors (Lipinski definition) is 4. The van der Waals surface area contributed by atoms with Crippen LogP contribution in [0.1, 0.15) is 43.1 Å². The van der Waals surface area contributed by atoms with Crippen LogP contribution in [0.15, 0.2) is 18.3 Å². The zero-order chi connectivity index (χ0) is 16.9. The Labute approximate surface area is 146 Å². The molecule has 2 aromatic heterocycles. The summed E-state index contributed by atoms with van der Waals surface area (Å²) in [5, 5.41) is 16.3. The van der Waals surface area contributed by atoms with Crippen LogP contribution in [0.3, 0.4) is 0 Å². The molecule has 0 aliphatic carbocycles. The third-order valence-electron chi connectivity index (χ3n) is 4.26. The molecule has 0 atom stereocenters. The molecule has 3 aromatic rings. The average Bonchev–Trinajstić information content (AvgIpc) is 3.20. The van der Waals surface area contributed by atoms with Gasteiger partial charge in [0.1, 0.15) is 5.52 Å². The fourth-order valence-electron chi connectivity index (χ4n) is 2.95. The fraction of sp³-hybridized carbons (Fsp3) is 0.471. The highest BCUT2D eigenvalue weighted by atomic mass is 32.1. The first kappa shape index (κ1) is 16.8. The number of aromatic nitrogens is 4. The van der Waals surface area contributed by atoms with E-state index in [2.05, 4.69) is 40.2 Å². The number of benzene rings is 1. The van der Waals surface area contributed by atoms with Gasteiger partial charge in [0.15, 0.2) is 5.69 Å². The van der Waals surface area contributed by atoms with Crippen molar-refractivity contribution < 1.29 is 4.79 Å². The predicted octanol–water partition coefficient (Wildman–Crippen LogP) is 3.15. The number of nitrogens with one attached hydrogen (secondary N) is 2. The second-order valence-electron chi connectivity index (χ2n) is 5.85. The number of carbonyl (C=O) groups is 1. The van der Waals surface area contributed by atoms with Gasteiger partial charge in [-0.3, -0.25) is 9.48 Å². The summed E-state index contributed by atoms with van der Waals surface area (Å²) in [5.41, 5.74) is 2.25. The number of H-pyrrole nitrogens is 1. The van der Waals surface area contributed by atoms with Gasteiger partial charge >= 0.3 is 0 Å². The average molecular weight is 345 g/mol. The molecule has 2 heterocycles. The van der Waals surface area contributed by atoms with Crippen LogP contribution in [0.25, 0.3) is 21.8 Å². The van der Waals surface area contributed by atoms with Gasteiger partial charge in [-0.05, 0) is 37.7 Å². The SMILES string of the molecule is CCn1[nH]cc2c3nnc(C(=O)NCCCCCCS)c3ccc21. The van der Waals surface area contributed by atoms with E-state index in [4.69, 9.17) is 0 Å². The van der Waals surface area contributed by atoms with Crippen LogP contribution in [-0.2, 0) is 6.54 Å². The number of aromatic amines is 1. The summed E-state index contributed by atoms with van der Waals surface area (Å²) in [7, 11) is 0. The van der Waals surface area contributed by atoms with E-state index < -0.39 is 0 Å². The van der Waals surface area contributed by atoms with Crippen molar-refractivity contribution in [1.29, 1.82) is 0 Å². The molecule has 0 aliphatic heterocycles. The minimum atomic E-state index is -0.148. The van der Waals surface area contributed by atoms with Gasteiger partial charge < -0.3 is 10.4 Å². The Morgan fingerprint density at radius 1 is 1.21 bits per heavy atom. The lowest BCUT2D eigenvalue weighted by atomic mass is 10.1. The van der Waals surface area contributed by atoms with Crippen LogP contribution in [0.5, 0.6) is 0 Å². The largest absolute Gasteiger partial charge is 0.351 e. The maximum absolute atomic E-state index is 12.4. The number of nitrogens with zero attached hydrogens (tertiary/aromatic N) is 3. The van der Waals surface area contributed by atoms with Crippen LogP contribution < -0.4 is 5.32 Å². The highest BCUT2D eigenvalue weighted by molar-refractivity contribution is 7.80. The van der Waals surface area contributed by atoms with Crippen LogP contribution in [0.2, 0.25) is 0 Å². The van der Waals surface area contributed by atoms with E-state index in [9.17, 15) is 4.79 Å². The van der Waals surface area contributed by atoms with Gasteiger partial charge in [0, 0.05) is 30.1 Å². The fourth-order valence-corrected chi connectivity index (χ4v) is 3.17. The molecule has 0 radical (unpaired) electrons. The Bertz CT molecular complexity index is 838. The molecular formula is C17H23N5OS. The highest BCUT2D eigenvalue weighted by Crippen LogP contribution is 2.25. The van der Waals surface area contributed by atoms with Crippen LogP contribution in [0, 0.1) is 0 Å². The zero-order valence-electron chi connectivity index (χ0n) is 13.9. The smallest absolute Gasteiger partial charge is 0.272 e. The highest BCUT2D eigenvalue weighted by Gasteiger charge is 2.17. The van der Waals surface area contributed by atoms with Gasteiger partial charge in [-0.15, -0.1) is 10.2 Å². The zero-order valence-corrected chi connectivity index (χ0v) is 14.8. The Morgan fingerprint density at radius 2 is 2.04 bits per heavy atom. The maximum Gasteiger partial charge on any atom is 0.272 e. The molecule has 7 heteroatoms. The minimum absolute atomic E-state index is 0.148. The molecule has 24 heavy (non-hydrogen) atoms. The number of carbonyl (C=O) groups excluding carboxylic acids is 1. The van der Waals surface area contributed by atoms with Crippen molar-refractivity contribution in [2.75, 3.05) is 12.3 Å². The normalized spacial score (nSPS) is 11.4. The van der Waals surface area contributed by atoms with Crippen molar-refractivity contribution in [3.63, 3.8) is 0 Å². The Balaban J connectivity index is 1.72.